The molecule has 1 aliphatic rings. The number of rotatable bonds is 3. The van der Waals surface area contributed by atoms with E-state index < -0.39 is 5.60 Å². The second-order valence-corrected chi connectivity index (χ2v) is 7.65. The minimum absolute atomic E-state index is 0.197. The summed E-state index contributed by atoms with van der Waals surface area (Å²) in [6.07, 6.45) is 1.93. The Morgan fingerprint density at radius 1 is 1.52 bits per heavy atom. The number of nitrogens with one attached hydrogen (secondary N) is 1. The first-order valence-electron chi connectivity index (χ1n) is 7.62. The van der Waals surface area contributed by atoms with E-state index in [1.54, 1.807) is 11.3 Å². The van der Waals surface area contributed by atoms with Crippen molar-refractivity contribution in [3.8, 4) is 0 Å². The zero-order chi connectivity index (χ0) is 15.5. The summed E-state index contributed by atoms with van der Waals surface area (Å²) in [6.45, 7) is 9.42. The Bertz CT molecular complexity index is 453. The van der Waals surface area contributed by atoms with E-state index in [1.165, 1.54) is 4.88 Å². The van der Waals surface area contributed by atoms with Gasteiger partial charge in [-0.15, -0.1) is 11.3 Å². The van der Waals surface area contributed by atoms with E-state index in [0.717, 1.165) is 25.9 Å². The molecule has 1 aliphatic heterocycles. The molecule has 0 aliphatic carbocycles. The standard InChI is InChI=1S/C16H26N2O2S/c1-12(14-8-6-10-21-14)17-13-7-5-9-18(11-13)15(19)20-16(2,3)4/h6,8,10,12-13,17H,5,7,9,11H2,1-4H3/t12-,13+/m1/s1. The van der Waals surface area contributed by atoms with Gasteiger partial charge in [0.15, 0.2) is 0 Å². The van der Waals surface area contributed by atoms with Crippen molar-refractivity contribution in [2.45, 2.75) is 58.2 Å². The third kappa shape index (κ3) is 5.00. The third-order valence-electron chi connectivity index (χ3n) is 3.53. The van der Waals surface area contributed by atoms with Crippen LogP contribution in [0.25, 0.3) is 0 Å². The molecule has 1 aromatic heterocycles. The van der Waals surface area contributed by atoms with Crippen LogP contribution in [0.2, 0.25) is 0 Å². The highest BCUT2D eigenvalue weighted by Crippen LogP contribution is 2.21. The lowest BCUT2D eigenvalue weighted by Gasteiger charge is -2.35. The van der Waals surface area contributed by atoms with Gasteiger partial charge in [0.2, 0.25) is 0 Å². The van der Waals surface area contributed by atoms with Gasteiger partial charge >= 0.3 is 6.09 Å². The smallest absolute Gasteiger partial charge is 0.410 e. The molecule has 0 unspecified atom stereocenters. The SMILES string of the molecule is C[C@@H](N[C@H]1CCCN(C(=O)OC(C)(C)C)C1)c1cccs1. The Balaban J connectivity index is 1.87. The van der Waals surface area contributed by atoms with Gasteiger partial charge in [0.1, 0.15) is 5.60 Å². The normalized spacial score (nSPS) is 21.1. The molecular weight excluding hydrogens is 284 g/mol. The van der Waals surface area contributed by atoms with Crippen LogP contribution in [0.15, 0.2) is 17.5 Å². The summed E-state index contributed by atoms with van der Waals surface area (Å²) >= 11 is 1.77. The number of amides is 1. The topological polar surface area (TPSA) is 41.6 Å². The molecule has 1 amide bonds. The number of carbonyl (C=O) groups excluding carboxylic acids is 1. The number of piperidine rings is 1. The predicted molar refractivity (Wildman–Crippen MR) is 86.7 cm³/mol. The highest BCUT2D eigenvalue weighted by molar-refractivity contribution is 7.10. The van der Waals surface area contributed by atoms with Crippen molar-refractivity contribution < 1.29 is 9.53 Å². The van der Waals surface area contributed by atoms with Gasteiger partial charge in [-0.1, -0.05) is 6.07 Å². The van der Waals surface area contributed by atoms with Crippen LogP contribution in [-0.4, -0.2) is 35.7 Å². The van der Waals surface area contributed by atoms with Crippen LogP contribution in [0.5, 0.6) is 0 Å². The molecule has 0 aromatic carbocycles. The number of nitrogens with zero attached hydrogens (tertiary/aromatic N) is 1. The van der Waals surface area contributed by atoms with Gasteiger partial charge < -0.3 is 15.0 Å². The van der Waals surface area contributed by atoms with Crippen molar-refractivity contribution in [3.63, 3.8) is 0 Å². The van der Waals surface area contributed by atoms with Crippen LogP contribution in [0.3, 0.4) is 0 Å². The summed E-state index contributed by atoms with van der Waals surface area (Å²) in [5, 5.41) is 5.73. The van der Waals surface area contributed by atoms with Crippen LogP contribution in [0, 0.1) is 0 Å². The predicted octanol–water partition coefficient (Wildman–Crippen LogP) is 3.80. The molecule has 1 fully saturated rings. The Kier molecular flexibility index (Phi) is 5.27. The molecule has 118 valence electrons. The zero-order valence-corrected chi connectivity index (χ0v) is 14.2. The Morgan fingerprint density at radius 2 is 2.29 bits per heavy atom. The molecule has 1 saturated heterocycles. The number of carbonyl (C=O) groups is 1. The molecule has 1 aromatic rings. The molecule has 21 heavy (non-hydrogen) atoms. The van der Waals surface area contributed by atoms with Crippen molar-refractivity contribution in [3.05, 3.63) is 22.4 Å². The average molecular weight is 310 g/mol. The van der Waals surface area contributed by atoms with E-state index in [0.29, 0.717) is 12.1 Å². The summed E-state index contributed by atoms with van der Waals surface area (Å²) in [5.41, 5.74) is -0.429. The fourth-order valence-electron chi connectivity index (χ4n) is 2.58. The summed E-state index contributed by atoms with van der Waals surface area (Å²) in [7, 11) is 0. The van der Waals surface area contributed by atoms with Crippen molar-refractivity contribution in [1.29, 1.82) is 0 Å². The van der Waals surface area contributed by atoms with Crippen molar-refractivity contribution in [2.75, 3.05) is 13.1 Å². The summed E-state index contributed by atoms with van der Waals surface area (Å²) in [5.74, 6) is 0. The number of ether oxygens (including phenoxy) is 1. The van der Waals surface area contributed by atoms with E-state index in [-0.39, 0.29) is 6.09 Å². The summed E-state index contributed by atoms with van der Waals surface area (Å²) < 4.78 is 5.46. The number of hydrogen-bond donors (Lipinski definition) is 1. The van der Waals surface area contributed by atoms with Gasteiger partial charge in [0.05, 0.1) is 0 Å². The Labute approximate surface area is 131 Å². The van der Waals surface area contributed by atoms with Gasteiger partial charge in [0.25, 0.3) is 0 Å². The molecule has 0 bridgehead atoms. The fourth-order valence-corrected chi connectivity index (χ4v) is 3.32. The second kappa shape index (κ2) is 6.79. The third-order valence-corrected chi connectivity index (χ3v) is 4.58. The summed E-state index contributed by atoms with van der Waals surface area (Å²) in [4.78, 5) is 15.3. The highest BCUT2D eigenvalue weighted by atomic mass is 32.1. The zero-order valence-electron chi connectivity index (χ0n) is 13.4. The quantitative estimate of drug-likeness (QED) is 0.923. The lowest BCUT2D eigenvalue weighted by Crippen LogP contribution is -2.49. The number of hydrogen-bond acceptors (Lipinski definition) is 4. The van der Waals surface area contributed by atoms with Crippen LogP contribution in [0.4, 0.5) is 4.79 Å². The second-order valence-electron chi connectivity index (χ2n) is 6.67. The van der Waals surface area contributed by atoms with Crippen LogP contribution >= 0.6 is 11.3 Å². The van der Waals surface area contributed by atoms with E-state index >= 15 is 0 Å². The maximum Gasteiger partial charge on any atom is 0.410 e. The van der Waals surface area contributed by atoms with Crippen LogP contribution in [0.1, 0.15) is 51.5 Å². The molecule has 0 spiro atoms. The maximum absolute atomic E-state index is 12.2. The summed E-state index contributed by atoms with van der Waals surface area (Å²) in [6, 6.07) is 4.89. The Morgan fingerprint density at radius 3 is 2.90 bits per heavy atom. The molecule has 0 saturated carbocycles. The molecule has 0 radical (unpaired) electrons. The monoisotopic (exact) mass is 310 g/mol. The lowest BCUT2D eigenvalue weighted by molar-refractivity contribution is 0.0184. The first kappa shape index (κ1) is 16.3. The van der Waals surface area contributed by atoms with Crippen LogP contribution in [-0.2, 0) is 4.74 Å². The van der Waals surface area contributed by atoms with Gasteiger partial charge in [-0.25, -0.2) is 4.79 Å². The minimum atomic E-state index is -0.429. The number of thiophene rings is 1. The molecule has 2 atom stereocenters. The van der Waals surface area contributed by atoms with Gasteiger partial charge in [-0.3, -0.25) is 0 Å². The van der Waals surface area contributed by atoms with E-state index in [1.807, 2.05) is 25.7 Å². The minimum Gasteiger partial charge on any atom is -0.444 e. The van der Waals surface area contributed by atoms with E-state index in [4.69, 9.17) is 4.74 Å². The fraction of sp³-hybridized carbons (Fsp3) is 0.688. The maximum atomic E-state index is 12.2. The van der Waals surface area contributed by atoms with Crippen LogP contribution < -0.4 is 5.32 Å². The molecule has 2 heterocycles. The van der Waals surface area contributed by atoms with Gasteiger partial charge in [0, 0.05) is 30.1 Å². The highest BCUT2D eigenvalue weighted by Gasteiger charge is 2.28. The molecule has 4 nitrogen and oxygen atoms in total. The first-order valence-corrected chi connectivity index (χ1v) is 8.50. The van der Waals surface area contributed by atoms with Crippen molar-refractivity contribution in [2.24, 2.45) is 0 Å². The van der Waals surface area contributed by atoms with Crippen molar-refractivity contribution >= 4 is 17.4 Å². The largest absolute Gasteiger partial charge is 0.444 e. The molecule has 2 rings (SSSR count). The van der Waals surface area contributed by atoms with E-state index in [9.17, 15) is 4.79 Å². The number of likely N-dealkylation sites (tertiary alicyclic amines) is 1. The molecule has 5 heteroatoms. The average Bonchev–Trinajstić information content (AvgIpc) is 2.91. The van der Waals surface area contributed by atoms with Gasteiger partial charge in [-0.05, 0) is 52.0 Å². The molecule has 1 N–H and O–H groups in total. The molecular formula is C16H26N2O2S. The van der Waals surface area contributed by atoms with Crippen molar-refractivity contribution in [1.82, 2.24) is 10.2 Å². The lowest BCUT2D eigenvalue weighted by atomic mass is 10.0. The Hall–Kier alpha value is -1.07. The first-order chi connectivity index (χ1) is 9.85. The van der Waals surface area contributed by atoms with E-state index in [2.05, 4.69) is 29.8 Å². The van der Waals surface area contributed by atoms with Gasteiger partial charge in [-0.2, -0.15) is 0 Å².